The van der Waals surface area contributed by atoms with Gasteiger partial charge in [-0.2, -0.15) is 5.26 Å². The first-order chi connectivity index (χ1) is 9.24. The summed E-state index contributed by atoms with van der Waals surface area (Å²) in [6.07, 6.45) is 2.34. The summed E-state index contributed by atoms with van der Waals surface area (Å²) in [7, 11) is 0. The standard InChI is InChI=1S/C14H18ClN3O/c15-13-8-11(9-16)3-4-14(13)18(6-7-19)10-12-2-1-5-17-12/h3-4,8,12,17,19H,1-2,5-7,10H2. The Morgan fingerprint density at radius 2 is 2.37 bits per heavy atom. The summed E-state index contributed by atoms with van der Waals surface area (Å²) in [5, 5.41) is 22.1. The molecule has 1 aromatic rings. The third-order valence-electron chi connectivity index (χ3n) is 3.39. The number of nitriles is 1. The van der Waals surface area contributed by atoms with Crippen LogP contribution in [0.15, 0.2) is 18.2 Å². The predicted octanol–water partition coefficient (Wildman–Crippen LogP) is 1.76. The summed E-state index contributed by atoms with van der Waals surface area (Å²) in [4.78, 5) is 2.08. The second kappa shape index (κ2) is 6.76. The molecule has 0 aliphatic carbocycles. The summed E-state index contributed by atoms with van der Waals surface area (Å²) in [6.45, 7) is 2.51. The minimum Gasteiger partial charge on any atom is -0.395 e. The Hall–Kier alpha value is -1.28. The Balaban J connectivity index is 2.15. The number of anilines is 1. The second-order valence-electron chi connectivity index (χ2n) is 4.74. The van der Waals surface area contributed by atoms with Crippen molar-refractivity contribution in [1.29, 1.82) is 5.26 Å². The molecule has 2 rings (SSSR count). The van der Waals surface area contributed by atoms with Gasteiger partial charge in [0.25, 0.3) is 0 Å². The number of aliphatic hydroxyl groups is 1. The Morgan fingerprint density at radius 3 is 2.95 bits per heavy atom. The molecule has 102 valence electrons. The molecule has 1 unspecified atom stereocenters. The van der Waals surface area contributed by atoms with E-state index >= 15 is 0 Å². The molecule has 1 aliphatic rings. The Labute approximate surface area is 118 Å². The van der Waals surface area contributed by atoms with Crippen molar-refractivity contribution in [2.75, 3.05) is 31.1 Å². The van der Waals surface area contributed by atoms with E-state index in [1.165, 1.54) is 6.42 Å². The fraction of sp³-hybridized carbons (Fsp3) is 0.500. The van der Waals surface area contributed by atoms with Crippen LogP contribution in [-0.2, 0) is 0 Å². The molecule has 0 radical (unpaired) electrons. The van der Waals surface area contributed by atoms with Crippen LogP contribution in [0.4, 0.5) is 5.69 Å². The first-order valence-corrected chi connectivity index (χ1v) is 6.91. The normalized spacial score (nSPS) is 18.3. The van der Waals surface area contributed by atoms with Crippen molar-refractivity contribution in [3.05, 3.63) is 28.8 Å². The van der Waals surface area contributed by atoms with Gasteiger partial charge in [-0.3, -0.25) is 0 Å². The van der Waals surface area contributed by atoms with E-state index < -0.39 is 0 Å². The third kappa shape index (κ3) is 3.60. The van der Waals surface area contributed by atoms with Gasteiger partial charge in [0.15, 0.2) is 0 Å². The minimum absolute atomic E-state index is 0.0864. The van der Waals surface area contributed by atoms with Gasteiger partial charge in [0, 0.05) is 19.1 Å². The average Bonchev–Trinajstić information content (AvgIpc) is 2.91. The van der Waals surface area contributed by atoms with E-state index in [9.17, 15) is 5.11 Å². The van der Waals surface area contributed by atoms with Gasteiger partial charge in [-0.05, 0) is 37.6 Å². The molecule has 0 aromatic heterocycles. The molecule has 19 heavy (non-hydrogen) atoms. The van der Waals surface area contributed by atoms with Crippen molar-refractivity contribution in [2.45, 2.75) is 18.9 Å². The highest BCUT2D eigenvalue weighted by molar-refractivity contribution is 6.33. The van der Waals surface area contributed by atoms with Crippen LogP contribution in [-0.4, -0.2) is 37.4 Å². The van der Waals surface area contributed by atoms with E-state index in [-0.39, 0.29) is 6.61 Å². The summed E-state index contributed by atoms with van der Waals surface area (Å²) in [5.74, 6) is 0. The van der Waals surface area contributed by atoms with Crippen molar-refractivity contribution >= 4 is 17.3 Å². The van der Waals surface area contributed by atoms with Crippen molar-refractivity contribution in [1.82, 2.24) is 5.32 Å². The lowest BCUT2D eigenvalue weighted by Gasteiger charge is -2.28. The molecule has 4 nitrogen and oxygen atoms in total. The number of aliphatic hydroxyl groups excluding tert-OH is 1. The van der Waals surface area contributed by atoms with Gasteiger partial charge in [-0.15, -0.1) is 0 Å². The maximum Gasteiger partial charge on any atom is 0.0992 e. The second-order valence-corrected chi connectivity index (χ2v) is 5.15. The van der Waals surface area contributed by atoms with E-state index in [1.807, 2.05) is 6.07 Å². The minimum atomic E-state index is 0.0864. The monoisotopic (exact) mass is 279 g/mol. The summed E-state index contributed by atoms with van der Waals surface area (Å²) >= 11 is 6.23. The van der Waals surface area contributed by atoms with Crippen molar-refractivity contribution < 1.29 is 5.11 Å². The quantitative estimate of drug-likeness (QED) is 0.862. The lowest BCUT2D eigenvalue weighted by Crippen LogP contribution is -2.39. The smallest absolute Gasteiger partial charge is 0.0992 e. The lowest BCUT2D eigenvalue weighted by atomic mass is 10.1. The molecule has 0 saturated carbocycles. The molecule has 1 saturated heterocycles. The Bertz CT molecular complexity index is 466. The predicted molar refractivity (Wildman–Crippen MR) is 76.5 cm³/mol. The maximum atomic E-state index is 9.21. The molecule has 1 atom stereocenters. The number of nitrogens with zero attached hydrogens (tertiary/aromatic N) is 2. The third-order valence-corrected chi connectivity index (χ3v) is 3.69. The topological polar surface area (TPSA) is 59.3 Å². The Kier molecular flexibility index (Phi) is 5.03. The SMILES string of the molecule is N#Cc1ccc(N(CCO)CC2CCCN2)c(Cl)c1. The van der Waals surface area contributed by atoms with Crippen LogP contribution in [0.25, 0.3) is 0 Å². The summed E-state index contributed by atoms with van der Waals surface area (Å²) in [5.41, 5.74) is 1.43. The van der Waals surface area contributed by atoms with Gasteiger partial charge in [0.2, 0.25) is 0 Å². The molecule has 0 bridgehead atoms. The van der Waals surface area contributed by atoms with Crippen LogP contribution in [0.3, 0.4) is 0 Å². The molecule has 0 spiro atoms. The molecule has 1 heterocycles. The van der Waals surface area contributed by atoms with E-state index in [4.69, 9.17) is 16.9 Å². The number of hydrogen-bond donors (Lipinski definition) is 2. The molecule has 5 heteroatoms. The molecular formula is C14H18ClN3O. The van der Waals surface area contributed by atoms with E-state index in [1.54, 1.807) is 12.1 Å². The number of nitrogens with one attached hydrogen (secondary N) is 1. The van der Waals surface area contributed by atoms with Crippen molar-refractivity contribution in [2.24, 2.45) is 0 Å². The van der Waals surface area contributed by atoms with E-state index in [2.05, 4.69) is 16.3 Å². The molecule has 2 N–H and O–H groups in total. The van der Waals surface area contributed by atoms with Gasteiger partial charge in [0.1, 0.15) is 0 Å². The largest absolute Gasteiger partial charge is 0.395 e. The fourth-order valence-corrected chi connectivity index (χ4v) is 2.74. The highest BCUT2D eigenvalue weighted by Gasteiger charge is 2.19. The summed E-state index contributed by atoms with van der Waals surface area (Å²) < 4.78 is 0. The van der Waals surface area contributed by atoms with Gasteiger partial charge in [-0.25, -0.2) is 0 Å². The van der Waals surface area contributed by atoms with Crippen molar-refractivity contribution in [3.8, 4) is 6.07 Å². The number of halogens is 1. The van der Waals surface area contributed by atoms with Gasteiger partial charge >= 0.3 is 0 Å². The van der Waals surface area contributed by atoms with Gasteiger partial charge < -0.3 is 15.3 Å². The Morgan fingerprint density at radius 1 is 1.53 bits per heavy atom. The van der Waals surface area contributed by atoms with Crippen molar-refractivity contribution in [3.63, 3.8) is 0 Å². The molecular weight excluding hydrogens is 262 g/mol. The molecule has 0 amide bonds. The zero-order valence-electron chi connectivity index (χ0n) is 10.8. The van der Waals surface area contributed by atoms with Crippen LogP contribution in [0.2, 0.25) is 5.02 Å². The maximum absolute atomic E-state index is 9.21. The molecule has 1 aromatic carbocycles. The molecule has 1 fully saturated rings. The number of rotatable bonds is 5. The fourth-order valence-electron chi connectivity index (χ4n) is 2.44. The van der Waals surface area contributed by atoms with E-state index in [0.29, 0.717) is 23.2 Å². The highest BCUT2D eigenvalue weighted by atomic mass is 35.5. The van der Waals surface area contributed by atoms with Gasteiger partial charge in [0.05, 0.1) is 28.9 Å². The lowest BCUT2D eigenvalue weighted by molar-refractivity contribution is 0.300. The molecule has 1 aliphatic heterocycles. The van der Waals surface area contributed by atoms with Crippen LogP contribution < -0.4 is 10.2 Å². The first-order valence-electron chi connectivity index (χ1n) is 6.53. The first kappa shape index (κ1) is 14.1. The number of benzene rings is 1. The van der Waals surface area contributed by atoms with E-state index in [0.717, 1.165) is 25.2 Å². The summed E-state index contributed by atoms with van der Waals surface area (Å²) in [6, 6.07) is 7.80. The zero-order chi connectivity index (χ0) is 13.7. The van der Waals surface area contributed by atoms with Crippen LogP contribution >= 0.6 is 11.6 Å². The van der Waals surface area contributed by atoms with Gasteiger partial charge in [-0.1, -0.05) is 11.6 Å². The highest BCUT2D eigenvalue weighted by Crippen LogP contribution is 2.27. The van der Waals surface area contributed by atoms with Crippen LogP contribution in [0.5, 0.6) is 0 Å². The zero-order valence-corrected chi connectivity index (χ0v) is 11.5. The van der Waals surface area contributed by atoms with Crippen LogP contribution in [0, 0.1) is 11.3 Å². The van der Waals surface area contributed by atoms with Crippen LogP contribution in [0.1, 0.15) is 18.4 Å². The number of hydrogen-bond acceptors (Lipinski definition) is 4. The average molecular weight is 280 g/mol.